The SMILES string of the molecule is COC1CCC(N2CCCNC(C(C)C)C2)C1. The molecule has 100 valence electrons. The molecule has 1 aliphatic heterocycles. The second-order valence-corrected chi connectivity index (χ2v) is 5.98. The van der Waals surface area contributed by atoms with Gasteiger partial charge in [0.25, 0.3) is 0 Å². The highest BCUT2D eigenvalue weighted by Gasteiger charge is 2.31. The molecule has 0 aromatic heterocycles. The van der Waals surface area contributed by atoms with Crippen LogP contribution in [0.1, 0.15) is 39.5 Å². The molecule has 3 atom stereocenters. The normalized spacial score (nSPS) is 36.4. The zero-order valence-electron chi connectivity index (χ0n) is 11.6. The number of nitrogens with one attached hydrogen (secondary N) is 1. The molecule has 2 aliphatic rings. The second-order valence-electron chi connectivity index (χ2n) is 5.98. The Bertz CT molecular complexity index is 232. The molecule has 1 saturated heterocycles. The number of ether oxygens (including phenoxy) is 1. The van der Waals surface area contributed by atoms with Crippen molar-refractivity contribution < 1.29 is 4.74 Å². The minimum Gasteiger partial charge on any atom is -0.381 e. The summed E-state index contributed by atoms with van der Waals surface area (Å²) < 4.78 is 5.50. The smallest absolute Gasteiger partial charge is 0.0586 e. The van der Waals surface area contributed by atoms with Gasteiger partial charge in [0.05, 0.1) is 6.10 Å². The molecule has 17 heavy (non-hydrogen) atoms. The van der Waals surface area contributed by atoms with E-state index in [1.807, 2.05) is 7.11 Å². The third-order valence-corrected chi connectivity index (χ3v) is 4.47. The van der Waals surface area contributed by atoms with Crippen LogP contribution >= 0.6 is 0 Å². The first-order valence-corrected chi connectivity index (χ1v) is 7.21. The number of methoxy groups -OCH3 is 1. The Balaban J connectivity index is 1.90. The quantitative estimate of drug-likeness (QED) is 0.815. The predicted molar refractivity (Wildman–Crippen MR) is 71.3 cm³/mol. The fourth-order valence-corrected chi connectivity index (χ4v) is 3.22. The lowest BCUT2D eigenvalue weighted by atomic mass is 10.0. The van der Waals surface area contributed by atoms with Crippen molar-refractivity contribution in [3.8, 4) is 0 Å². The van der Waals surface area contributed by atoms with E-state index in [4.69, 9.17) is 4.74 Å². The summed E-state index contributed by atoms with van der Waals surface area (Å²) in [6.45, 7) is 8.32. The number of rotatable bonds is 3. The molecule has 0 radical (unpaired) electrons. The van der Waals surface area contributed by atoms with Crippen molar-refractivity contribution in [1.82, 2.24) is 10.2 Å². The molecule has 0 bridgehead atoms. The summed E-state index contributed by atoms with van der Waals surface area (Å²) >= 11 is 0. The van der Waals surface area contributed by atoms with Crippen molar-refractivity contribution in [1.29, 1.82) is 0 Å². The lowest BCUT2D eigenvalue weighted by molar-refractivity contribution is 0.0952. The van der Waals surface area contributed by atoms with E-state index >= 15 is 0 Å². The molecular formula is C14H28N2O. The van der Waals surface area contributed by atoms with E-state index in [2.05, 4.69) is 24.1 Å². The summed E-state index contributed by atoms with van der Waals surface area (Å²) in [7, 11) is 1.86. The Morgan fingerprint density at radius 3 is 2.76 bits per heavy atom. The Kier molecular flexibility index (Phi) is 4.83. The predicted octanol–water partition coefficient (Wildman–Crippen LogP) is 1.87. The van der Waals surface area contributed by atoms with Gasteiger partial charge in [-0.2, -0.15) is 0 Å². The first kappa shape index (κ1) is 13.3. The van der Waals surface area contributed by atoms with Gasteiger partial charge in [0.1, 0.15) is 0 Å². The second kappa shape index (κ2) is 6.17. The molecule has 1 N–H and O–H groups in total. The van der Waals surface area contributed by atoms with Gasteiger partial charge in [0, 0.05) is 25.7 Å². The average Bonchev–Trinajstić information content (AvgIpc) is 2.65. The van der Waals surface area contributed by atoms with Crippen molar-refractivity contribution in [2.45, 2.75) is 57.7 Å². The number of hydrogen-bond acceptors (Lipinski definition) is 3. The first-order valence-electron chi connectivity index (χ1n) is 7.21. The van der Waals surface area contributed by atoms with E-state index in [1.54, 1.807) is 0 Å². The molecule has 0 aromatic rings. The molecule has 0 spiro atoms. The molecule has 3 heteroatoms. The summed E-state index contributed by atoms with van der Waals surface area (Å²) in [5.41, 5.74) is 0. The van der Waals surface area contributed by atoms with Gasteiger partial charge >= 0.3 is 0 Å². The van der Waals surface area contributed by atoms with Crippen molar-refractivity contribution >= 4 is 0 Å². The minimum absolute atomic E-state index is 0.508. The van der Waals surface area contributed by atoms with Crippen LogP contribution in [0, 0.1) is 5.92 Å². The van der Waals surface area contributed by atoms with Crippen molar-refractivity contribution in [3.05, 3.63) is 0 Å². The summed E-state index contributed by atoms with van der Waals surface area (Å²) in [6, 6.07) is 1.43. The molecule has 1 aliphatic carbocycles. The highest BCUT2D eigenvalue weighted by molar-refractivity contribution is 4.88. The van der Waals surface area contributed by atoms with Crippen molar-refractivity contribution in [2.75, 3.05) is 26.7 Å². The molecule has 0 amide bonds. The van der Waals surface area contributed by atoms with Crippen LogP contribution in [0.15, 0.2) is 0 Å². The topological polar surface area (TPSA) is 24.5 Å². The van der Waals surface area contributed by atoms with Crippen LogP contribution in [0.25, 0.3) is 0 Å². The molecule has 3 unspecified atom stereocenters. The Hall–Kier alpha value is -0.120. The van der Waals surface area contributed by atoms with Gasteiger partial charge in [-0.15, -0.1) is 0 Å². The van der Waals surface area contributed by atoms with E-state index in [0.29, 0.717) is 12.1 Å². The maximum absolute atomic E-state index is 5.50. The summed E-state index contributed by atoms with van der Waals surface area (Å²) in [6.07, 6.45) is 5.60. The van der Waals surface area contributed by atoms with Gasteiger partial charge in [0.2, 0.25) is 0 Å². The van der Waals surface area contributed by atoms with Crippen LogP contribution < -0.4 is 5.32 Å². The standard InChI is InChI=1S/C14H28N2O/c1-11(2)14-10-16(8-4-7-15-14)12-5-6-13(9-12)17-3/h11-15H,4-10H2,1-3H3. The lowest BCUT2D eigenvalue weighted by Crippen LogP contribution is -2.44. The number of hydrogen-bond donors (Lipinski definition) is 1. The van der Waals surface area contributed by atoms with Gasteiger partial charge in [-0.25, -0.2) is 0 Å². The van der Waals surface area contributed by atoms with E-state index in [9.17, 15) is 0 Å². The molecular weight excluding hydrogens is 212 g/mol. The molecule has 1 saturated carbocycles. The lowest BCUT2D eigenvalue weighted by Gasteiger charge is -2.31. The molecule has 2 fully saturated rings. The van der Waals surface area contributed by atoms with Gasteiger partial charge < -0.3 is 10.1 Å². The largest absolute Gasteiger partial charge is 0.381 e. The Morgan fingerprint density at radius 1 is 1.29 bits per heavy atom. The van der Waals surface area contributed by atoms with Crippen LogP contribution in [-0.2, 0) is 4.74 Å². The van der Waals surface area contributed by atoms with Crippen molar-refractivity contribution in [3.63, 3.8) is 0 Å². The summed E-state index contributed by atoms with van der Waals surface area (Å²) in [5.74, 6) is 0.732. The summed E-state index contributed by atoms with van der Waals surface area (Å²) in [5, 5.41) is 3.69. The molecule has 3 nitrogen and oxygen atoms in total. The third kappa shape index (κ3) is 3.43. The molecule has 2 rings (SSSR count). The highest BCUT2D eigenvalue weighted by Crippen LogP contribution is 2.27. The molecule has 0 aromatic carbocycles. The van der Waals surface area contributed by atoms with Gasteiger partial charge in [-0.1, -0.05) is 13.8 Å². The highest BCUT2D eigenvalue weighted by atomic mass is 16.5. The van der Waals surface area contributed by atoms with E-state index in [-0.39, 0.29) is 0 Å². The van der Waals surface area contributed by atoms with E-state index in [1.165, 1.54) is 45.3 Å². The third-order valence-electron chi connectivity index (χ3n) is 4.47. The average molecular weight is 240 g/mol. The molecule has 1 heterocycles. The Morgan fingerprint density at radius 2 is 2.12 bits per heavy atom. The van der Waals surface area contributed by atoms with Gasteiger partial charge in [0.15, 0.2) is 0 Å². The minimum atomic E-state index is 0.508. The van der Waals surface area contributed by atoms with Crippen LogP contribution in [0.4, 0.5) is 0 Å². The van der Waals surface area contributed by atoms with Crippen LogP contribution in [0.5, 0.6) is 0 Å². The van der Waals surface area contributed by atoms with Crippen LogP contribution in [-0.4, -0.2) is 49.8 Å². The number of nitrogens with zero attached hydrogens (tertiary/aromatic N) is 1. The fraction of sp³-hybridized carbons (Fsp3) is 1.00. The zero-order valence-corrected chi connectivity index (χ0v) is 11.6. The fourth-order valence-electron chi connectivity index (χ4n) is 3.22. The monoisotopic (exact) mass is 240 g/mol. The van der Waals surface area contributed by atoms with E-state index < -0.39 is 0 Å². The van der Waals surface area contributed by atoms with E-state index in [0.717, 1.165) is 12.0 Å². The maximum Gasteiger partial charge on any atom is 0.0586 e. The van der Waals surface area contributed by atoms with Gasteiger partial charge in [-0.3, -0.25) is 4.90 Å². The first-order chi connectivity index (χ1) is 8.20. The van der Waals surface area contributed by atoms with Crippen molar-refractivity contribution in [2.24, 2.45) is 5.92 Å². The zero-order chi connectivity index (χ0) is 12.3. The summed E-state index contributed by atoms with van der Waals surface area (Å²) in [4.78, 5) is 2.71. The van der Waals surface area contributed by atoms with Gasteiger partial charge in [-0.05, 0) is 44.7 Å². The van der Waals surface area contributed by atoms with Crippen LogP contribution in [0.2, 0.25) is 0 Å². The Labute approximate surface area is 106 Å². The van der Waals surface area contributed by atoms with Crippen LogP contribution in [0.3, 0.4) is 0 Å². The maximum atomic E-state index is 5.50.